The van der Waals surface area contributed by atoms with Crippen molar-refractivity contribution in [3.8, 4) is 17.0 Å². The summed E-state index contributed by atoms with van der Waals surface area (Å²) in [5.41, 5.74) is 3.38. The molecule has 3 heterocycles. The predicted molar refractivity (Wildman–Crippen MR) is 73.6 cm³/mol. The Hall–Kier alpha value is -2.30. The van der Waals surface area contributed by atoms with Crippen LogP contribution in [0.3, 0.4) is 0 Å². The van der Waals surface area contributed by atoms with E-state index in [0.29, 0.717) is 5.69 Å². The van der Waals surface area contributed by atoms with E-state index in [1.54, 1.807) is 19.4 Å². The van der Waals surface area contributed by atoms with Crippen LogP contribution >= 0.6 is 0 Å². The Morgan fingerprint density at radius 3 is 3.05 bits per heavy atom. The molecule has 4 rings (SSSR count). The van der Waals surface area contributed by atoms with Gasteiger partial charge in [0, 0.05) is 24.4 Å². The molecule has 20 heavy (non-hydrogen) atoms. The zero-order chi connectivity index (χ0) is 13.7. The third-order valence-corrected chi connectivity index (χ3v) is 4.30. The summed E-state index contributed by atoms with van der Waals surface area (Å²) < 4.78 is 6.19. The van der Waals surface area contributed by atoms with Crippen LogP contribution in [0.5, 0.6) is 5.75 Å². The number of hydrogen-bond donors (Lipinski definition) is 2. The van der Waals surface area contributed by atoms with Crippen molar-refractivity contribution >= 4 is 5.91 Å². The van der Waals surface area contributed by atoms with Gasteiger partial charge in [0.1, 0.15) is 17.0 Å². The number of hydrogen-bond acceptors (Lipinski definition) is 3. The van der Waals surface area contributed by atoms with Crippen molar-refractivity contribution in [3.63, 3.8) is 0 Å². The quantitative estimate of drug-likeness (QED) is 0.834. The van der Waals surface area contributed by atoms with Crippen LogP contribution in [-0.4, -0.2) is 22.9 Å². The van der Waals surface area contributed by atoms with Gasteiger partial charge < -0.3 is 15.0 Å². The number of nitrogens with zero attached hydrogens (tertiary/aromatic N) is 1. The predicted octanol–water partition coefficient (Wildman–Crippen LogP) is 2.21. The average molecular weight is 269 g/mol. The van der Waals surface area contributed by atoms with Crippen molar-refractivity contribution in [2.75, 3.05) is 7.05 Å². The van der Waals surface area contributed by atoms with Crippen molar-refractivity contribution in [2.24, 2.45) is 0 Å². The van der Waals surface area contributed by atoms with Crippen molar-refractivity contribution in [1.29, 1.82) is 0 Å². The Balaban J connectivity index is 1.93. The molecule has 2 N–H and O–H groups in total. The van der Waals surface area contributed by atoms with Crippen LogP contribution in [0.2, 0.25) is 0 Å². The van der Waals surface area contributed by atoms with Gasteiger partial charge in [-0.05, 0) is 31.4 Å². The van der Waals surface area contributed by atoms with E-state index in [0.717, 1.165) is 41.8 Å². The molecule has 5 nitrogen and oxygen atoms in total. The van der Waals surface area contributed by atoms with E-state index in [1.807, 2.05) is 12.1 Å². The van der Waals surface area contributed by atoms with Crippen LogP contribution in [0.25, 0.3) is 11.3 Å². The van der Waals surface area contributed by atoms with Crippen molar-refractivity contribution < 1.29 is 9.53 Å². The maximum Gasteiger partial charge on any atom is 0.267 e. The van der Waals surface area contributed by atoms with Crippen LogP contribution in [0.15, 0.2) is 24.5 Å². The van der Waals surface area contributed by atoms with Gasteiger partial charge in [-0.2, -0.15) is 0 Å². The molecule has 0 aromatic carbocycles. The molecule has 0 unspecified atom stereocenters. The fourth-order valence-electron chi connectivity index (χ4n) is 3.09. The Morgan fingerprint density at radius 1 is 1.50 bits per heavy atom. The molecule has 2 aromatic rings. The summed E-state index contributed by atoms with van der Waals surface area (Å²) >= 11 is 0. The first-order chi connectivity index (χ1) is 9.73. The number of aromatic nitrogens is 2. The first-order valence-electron chi connectivity index (χ1n) is 6.82. The second kappa shape index (κ2) is 3.85. The monoisotopic (exact) mass is 269 g/mol. The summed E-state index contributed by atoms with van der Waals surface area (Å²) in [5, 5.41) is 2.65. The van der Waals surface area contributed by atoms with E-state index in [-0.39, 0.29) is 11.5 Å². The summed E-state index contributed by atoms with van der Waals surface area (Å²) in [6, 6.07) is 3.85. The molecule has 1 fully saturated rings. The number of amides is 1. The van der Waals surface area contributed by atoms with Crippen molar-refractivity contribution in [3.05, 3.63) is 35.8 Å². The Labute approximate surface area is 116 Å². The molecule has 102 valence electrons. The highest BCUT2D eigenvalue weighted by Gasteiger charge is 2.47. The van der Waals surface area contributed by atoms with Gasteiger partial charge in [0.2, 0.25) is 0 Å². The molecule has 1 amide bonds. The second-order valence-corrected chi connectivity index (χ2v) is 5.37. The van der Waals surface area contributed by atoms with Gasteiger partial charge in [0.25, 0.3) is 5.91 Å². The summed E-state index contributed by atoms with van der Waals surface area (Å²) in [6.45, 7) is 0. The second-order valence-electron chi connectivity index (χ2n) is 5.37. The van der Waals surface area contributed by atoms with Gasteiger partial charge >= 0.3 is 0 Å². The van der Waals surface area contributed by atoms with Crippen LogP contribution < -0.4 is 10.1 Å². The maximum absolute atomic E-state index is 11.9. The minimum atomic E-state index is -0.270. The normalized spacial score (nSPS) is 17.6. The number of fused-ring (bicyclic) bond motifs is 4. The van der Waals surface area contributed by atoms with Gasteiger partial charge in [-0.25, -0.2) is 0 Å². The van der Waals surface area contributed by atoms with E-state index in [1.165, 1.54) is 0 Å². The molecule has 2 aromatic heterocycles. The molecule has 2 aliphatic rings. The molecule has 1 aliphatic carbocycles. The number of H-pyrrole nitrogens is 1. The summed E-state index contributed by atoms with van der Waals surface area (Å²) in [4.78, 5) is 19.2. The third-order valence-electron chi connectivity index (χ3n) is 4.30. The smallest absolute Gasteiger partial charge is 0.267 e. The molecule has 1 aliphatic heterocycles. The lowest BCUT2D eigenvalue weighted by Crippen LogP contribution is -2.42. The Morgan fingerprint density at radius 2 is 2.35 bits per heavy atom. The lowest BCUT2D eigenvalue weighted by molar-refractivity contribution is -0.0146. The number of aromatic amines is 1. The van der Waals surface area contributed by atoms with E-state index < -0.39 is 0 Å². The molecular weight excluding hydrogens is 254 g/mol. The molecule has 1 spiro atoms. The summed E-state index contributed by atoms with van der Waals surface area (Å²) in [7, 11) is 1.63. The molecule has 0 bridgehead atoms. The number of nitrogens with one attached hydrogen (secondary N) is 2. The average Bonchev–Trinajstić information content (AvgIpc) is 2.89. The number of rotatable bonds is 1. The molecule has 0 radical (unpaired) electrons. The number of pyridine rings is 1. The van der Waals surface area contributed by atoms with Crippen LogP contribution in [0.4, 0.5) is 0 Å². The lowest BCUT2D eigenvalue weighted by Gasteiger charge is -2.45. The molecular formula is C15H15N3O2. The molecule has 0 atom stereocenters. The highest BCUT2D eigenvalue weighted by Crippen LogP contribution is 2.53. The molecule has 5 heteroatoms. The maximum atomic E-state index is 11.9. The fourth-order valence-corrected chi connectivity index (χ4v) is 3.09. The Kier molecular flexibility index (Phi) is 2.22. The van der Waals surface area contributed by atoms with Crippen molar-refractivity contribution in [1.82, 2.24) is 15.3 Å². The van der Waals surface area contributed by atoms with Crippen LogP contribution in [0, 0.1) is 0 Å². The van der Waals surface area contributed by atoms with Crippen LogP contribution in [-0.2, 0) is 5.60 Å². The summed E-state index contributed by atoms with van der Waals surface area (Å²) in [5.74, 6) is 0.689. The Bertz CT molecular complexity index is 701. The van der Waals surface area contributed by atoms with Crippen LogP contribution in [0.1, 0.15) is 35.3 Å². The van der Waals surface area contributed by atoms with E-state index in [4.69, 9.17) is 4.74 Å². The number of ether oxygens (including phenoxy) is 1. The first-order valence-corrected chi connectivity index (χ1v) is 6.82. The minimum absolute atomic E-state index is 0.107. The SMILES string of the molecule is CNC(=O)c1cc2c([nH]1)-c1ccncc1OC21CCC1. The highest BCUT2D eigenvalue weighted by molar-refractivity contribution is 5.94. The number of carbonyl (C=O) groups excluding carboxylic acids is 1. The zero-order valence-electron chi connectivity index (χ0n) is 11.2. The zero-order valence-corrected chi connectivity index (χ0v) is 11.2. The first kappa shape index (κ1) is 11.5. The fraction of sp³-hybridized carbons (Fsp3) is 0.333. The molecule has 1 saturated carbocycles. The summed E-state index contributed by atoms with van der Waals surface area (Å²) in [6.07, 6.45) is 6.61. The van der Waals surface area contributed by atoms with E-state index in [2.05, 4.69) is 15.3 Å². The minimum Gasteiger partial charge on any atom is -0.480 e. The van der Waals surface area contributed by atoms with E-state index >= 15 is 0 Å². The van der Waals surface area contributed by atoms with Gasteiger partial charge in [-0.1, -0.05) is 0 Å². The largest absolute Gasteiger partial charge is 0.480 e. The van der Waals surface area contributed by atoms with Gasteiger partial charge in [-0.15, -0.1) is 0 Å². The lowest BCUT2D eigenvalue weighted by atomic mass is 9.73. The topological polar surface area (TPSA) is 67.0 Å². The van der Waals surface area contributed by atoms with E-state index in [9.17, 15) is 4.79 Å². The number of carbonyl (C=O) groups is 1. The third kappa shape index (κ3) is 1.37. The highest BCUT2D eigenvalue weighted by atomic mass is 16.5. The molecule has 0 saturated heterocycles. The standard InChI is InChI=1S/C15H15N3O2/c1-16-14(19)11-7-10-13(18-11)9-3-6-17-8-12(9)20-15(10)4-2-5-15/h3,6-8,18H,2,4-5H2,1H3,(H,16,19). The van der Waals surface area contributed by atoms with Gasteiger partial charge in [0.15, 0.2) is 0 Å². The van der Waals surface area contributed by atoms with Gasteiger partial charge in [-0.3, -0.25) is 9.78 Å². The van der Waals surface area contributed by atoms with Crippen molar-refractivity contribution in [2.45, 2.75) is 24.9 Å². The van der Waals surface area contributed by atoms with Gasteiger partial charge in [0.05, 0.1) is 11.9 Å².